The van der Waals surface area contributed by atoms with E-state index < -0.39 is 6.10 Å². The van der Waals surface area contributed by atoms with Crippen LogP contribution >= 0.6 is 0 Å². The van der Waals surface area contributed by atoms with Crippen molar-refractivity contribution in [3.63, 3.8) is 0 Å². The number of ether oxygens (including phenoxy) is 3. The summed E-state index contributed by atoms with van der Waals surface area (Å²) in [6, 6.07) is 0. The second-order valence-corrected chi connectivity index (χ2v) is 24.2. The molecule has 0 aliphatic carbocycles. The minimum atomic E-state index is -0.768. The summed E-state index contributed by atoms with van der Waals surface area (Å²) < 4.78 is 17.0. The molecule has 0 N–H and O–H groups in total. The summed E-state index contributed by atoms with van der Waals surface area (Å²) in [6.45, 7) is 6.73. The number of allylic oxidation sites excluding steroid dienone is 2. The molecule has 6 heteroatoms. The van der Waals surface area contributed by atoms with E-state index in [9.17, 15) is 14.4 Å². The number of rotatable bonds is 66. The third kappa shape index (κ3) is 64.9. The van der Waals surface area contributed by atoms with Gasteiger partial charge in [-0.05, 0) is 44.9 Å². The van der Waals surface area contributed by atoms with E-state index in [0.29, 0.717) is 19.3 Å². The second-order valence-electron chi connectivity index (χ2n) is 24.2. The van der Waals surface area contributed by atoms with Gasteiger partial charge in [0.1, 0.15) is 13.2 Å². The van der Waals surface area contributed by atoms with Crippen molar-refractivity contribution >= 4 is 17.9 Å². The lowest BCUT2D eigenvalue weighted by atomic mass is 10.0. The summed E-state index contributed by atoms with van der Waals surface area (Å²) in [5.41, 5.74) is 0. The number of esters is 3. The third-order valence-electron chi connectivity index (χ3n) is 16.3. The molecule has 1 atom stereocenters. The van der Waals surface area contributed by atoms with Crippen LogP contribution in [0.4, 0.5) is 0 Å². The molecule has 0 bridgehead atoms. The molecule has 0 aromatic carbocycles. The average molecular weight is 1090 g/mol. The maximum absolute atomic E-state index is 13.0. The van der Waals surface area contributed by atoms with Gasteiger partial charge < -0.3 is 14.2 Å². The normalized spacial score (nSPS) is 12.0. The summed E-state index contributed by atoms with van der Waals surface area (Å²) in [5, 5.41) is 0. The second kappa shape index (κ2) is 66.7. The Morgan fingerprint density at radius 1 is 0.247 bits per heavy atom. The Labute approximate surface area is 481 Å². The predicted molar refractivity (Wildman–Crippen MR) is 335 cm³/mol. The molecule has 0 aliphatic heterocycles. The van der Waals surface area contributed by atoms with Crippen molar-refractivity contribution in [2.24, 2.45) is 0 Å². The minimum Gasteiger partial charge on any atom is -0.462 e. The van der Waals surface area contributed by atoms with Crippen molar-refractivity contribution in [2.75, 3.05) is 13.2 Å². The molecule has 0 radical (unpaired) electrons. The molecule has 77 heavy (non-hydrogen) atoms. The van der Waals surface area contributed by atoms with Crippen molar-refractivity contribution < 1.29 is 28.6 Å². The summed E-state index contributed by atoms with van der Waals surface area (Å²) >= 11 is 0. The van der Waals surface area contributed by atoms with Gasteiger partial charge in [-0.2, -0.15) is 0 Å². The molecule has 456 valence electrons. The van der Waals surface area contributed by atoms with Crippen LogP contribution in [0.1, 0.15) is 406 Å². The average Bonchev–Trinajstić information content (AvgIpc) is 3.43. The van der Waals surface area contributed by atoms with Gasteiger partial charge in [0, 0.05) is 19.3 Å². The van der Waals surface area contributed by atoms with E-state index in [1.165, 1.54) is 308 Å². The first-order valence-corrected chi connectivity index (χ1v) is 35.2. The fraction of sp³-hybridized carbons (Fsp3) is 0.930. The Bertz CT molecular complexity index is 1200. The molecular weight excluding hydrogens is 949 g/mol. The molecule has 1 unspecified atom stereocenters. The first-order valence-electron chi connectivity index (χ1n) is 35.2. The number of unbranched alkanes of at least 4 members (excludes halogenated alkanes) is 53. The molecule has 0 saturated heterocycles. The quantitative estimate of drug-likeness (QED) is 0.0261. The number of hydrogen-bond acceptors (Lipinski definition) is 6. The highest BCUT2D eigenvalue weighted by molar-refractivity contribution is 5.71. The Balaban J connectivity index is 4.29. The lowest BCUT2D eigenvalue weighted by Gasteiger charge is -2.18. The van der Waals surface area contributed by atoms with Gasteiger partial charge in [0.2, 0.25) is 0 Å². The lowest BCUT2D eigenvalue weighted by molar-refractivity contribution is -0.167. The van der Waals surface area contributed by atoms with Crippen LogP contribution in [-0.4, -0.2) is 37.2 Å². The molecule has 0 saturated carbocycles. The Morgan fingerprint density at radius 3 is 0.649 bits per heavy atom. The number of carbonyl (C=O) groups is 3. The van der Waals surface area contributed by atoms with Crippen LogP contribution in [0.3, 0.4) is 0 Å². The molecule has 0 aromatic rings. The minimum absolute atomic E-state index is 0.0636. The van der Waals surface area contributed by atoms with Gasteiger partial charge in [-0.15, -0.1) is 0 Å². The predicted octanol–water partition coefficient (Wildman–Crippen LogP) is 24.0. The number of hydrogen-bond donors (Lipinski definition) is 0. The van der Waals surface area contributed by atoms with Gasteiger partial charge in [-0.1, -0.05) is 354 Å². The Morgan fingerprint density at radius 2 is 0.429 bits per heavy atom. The molecule has 0 spiro atoms. The van der Waals surface area contributed by atoms with Crippen LogP contribution in [0.2, 0.25) is 0 Å². The number of carbonyl (C=O) groups excluding carboxylic acids is 3. The largest absolute Gasteiger partial charge is 0.462 e. The molecule has 0 fully saturated rings. The highest BCUT2D eigenvalue weighted by Crippen LogP contribution is 2.19. The third-order valence-corrected chi connectivity index (χ3v) is 16.3. The van der Waals surface area contributed by atoms with Crippen LogP contribution in [0, 0.1) is 0 Å². The van der Waals surface area contributed by atoms with Crippen molar-refractivity contribution in [2.45, 2.75) is 412 Å². The first-order chi connectivity index (χ1) is 38.0. The van der Waals surface area contributed by atoms with E-state index >= 15 is 0 Å². The van der Waals surface area contributed by atoms with Gasteiger partial charge in [-0.25, -0.2) is 0 Å². The van der Waals surface area contributed by atoms with Crippen molar-refractivity contribution in [3.8, 4) is 0 Å². The maximum atomic E-state index is 13.0. The monoisotopic (exact) mass is 1090 g/mol. The first kappa shape index (κ1) is 75.2. The Hall–Kier alpha value is -1.85. The zero-order chi connectivity index (χ0) is 55.7. The fourth-order valence-corrected chi connectivity index (χ4v) is 11.0. The molecule has 0 aliphatic rings. The molecule has 6 nitrogen and oxygen atoms in total. The van der Waals surface area contributed by atoms with E-state index in [2.05, 4.69) is 32.9 Å². The van der Waals surface area contributed by atoms with E-state index in [0.717, 1.165) is 57.8 Å². The van der Waals surface area contributed by atoms with E-state index in [1.807, 2.05) is 0 Å². The zero-order valence-corrected chi connectivity index (χ0v) is 52.5. The molecule has 0 amide bonds. The smallest absolute Gasteiger partial charge is 0.306 e. The fourth-order valence-electron chi connectivity index (χ4n) is 11.0. The van der Waals surface area contributed by atoms with Gasteiger partial charge >= 0.3 is 17.9 Å². The summed E-state index contributed by atoms with van der Waals surface area (Å²) in [4.78, 5) is 38.5. The van der Waals surface area contributed by atoms with Gasteiger partial charge in [0.05, 0.1) is 0 Å². The highest BCUT2D eigenvalue weighted by atomic mass is 16.6. The molecular formula is C71H136O6. The van der Waals surface area contributed by atoms with Crippen LogP contribution < -0.4 is 0 Å². The Kier molecular flexibility index (Phi) is 65.1. The van der Waals surface area contributed by atoms with Crippen molar-refractivity contribution in [3.05, 3.63) is 12.2 Å². The van der Waals surface area contributed by atoms with E-state index in [-0.39, 0.29) is 31.1 Å². The van der Waals surface area contributed by atoms with E-state index in [1.54, 1.807) is 0 Å². The van der Waals surface area contributed by atoms with Gasteiger partial charge in [0.25, 0.3) is 0 Å². The SMILES string of the molecule is CCCCCCCC/C=C\CCCCCCCCCCCC(=O)OC(COC(=O)CCCCCCCCCCCCCCCCCCCCC)COC(=O)CCCCCCCCCCCCCCCCCCCCCCC. The summed E-state index contributed by atoms with van der Waals surface area (Å²) in [5.74, 6) is -0.828. The van der Waals surface area contributed by atoms with Crippen LogP contribution in [-0.2, 0) is 28.6 Å². The topological polar surface area (TPSA) is 78.9 Å². The van der Waals surface area contributed by atoms with Crippen LogP contribution in [0.5, 0.6) is 0 Å². The summed E-state index contributed by atoms with van der Waals surface area (Å²) in [6.07, 6.45) is 79.4. The van der Waals surface area contributed by atoms with Crippen molar-refractivity contribution in [1.82, 2.24) is 0 Å². The lowest BCUT2D eigenvalue weighted by Crippen LogP contribution is -2.30. The van der Waals surface area contributed by atoms with Gasteiger partial charge in [-0.3, -0.25) is 14.4 Å². The van der Waals surface area contributed by atoms with Crippen LogP contribution in [0.25, 0.3) is 0 Å². The summed E-state index contributed by atoms with van der Waals surface area (Å²) in [7, 11) is 0. The van der Waals surface area contributed by atoms with Crippen LogP contribution in [0.15, 0.2) is 12.2 Å². The van der Waals surface area contributed by atoms with Crippen molar-refractivity contribution in [1.29, 1.82) is 0 Å². The molecule has 0 rings (SSSR count). The van der Waals surface area contributed by atoms with Gasteiger partial charge in [0.15, 0.2) is 6.10 Å². The molecule has 0 aromatic heterocycles. The van der Waals surface area contributed by atoms with E-state index in [4.69, 9.17) is 14.2 Å². The highest BCUT2D eigenvalue weighted by Gasteiger charge is 2.19. The standard InChI is InChI=1S/C71H136O6/c1-4-7-10-13-16-19-22-25-28-31-34-35-38-40-43-46-49-52-55-58-61-64-70(73)76-67-68(77-71(74)65-62-59-56-53-50-47-44-41-37-33-30-27-24-21-18-15-12-9-6-3)66-75-69(72)63-60-57-54-51-48-45-42-39-36-32-29-26-23-20-17-14-11-8-5-2/h27,30,68H,4-26,28-29,31-67H2,1-3H3/b30-27-. The molecule has 0 heterocycles. The maximum Gasteiger partial charge on any atom is 0.306 e. The zero-order valence-electron chi connectivity index (χ0n) is 52.5.